The average molecular weight is 282 g/mol. The smallest absolute Gasteiger partial charge is 0.157 e. The van der Waals surface area contributed by atoms with E-state index in [1.165, 1.54) is 32.1 Å². The van der Waals surface area contributed by atoms with Gasteiger partial charge < -0.3 is 9.73 Å². The number of hydrogen-bond donors (Lipinski definition) is 1. The molecule has 3 aromatic heterocycles. The molecule has 0 amide bonds. The highest BCUT2D eigenvalue weighted by atomic mass is 16.3. The second-order valence-electron chi connectivity index (χ2n) is 5.57. The van der Waals surface area contributed by atoms with Crippen molar-refractivity contribution in [3.8, 4) is 11.5 Å². The van der Waals surface area contributed by atoms with Gasteiger partial charge in [-0.25, -0.2) is 4.98 Å². The van der Waals surface area contributed by atoms with Gasteiger partial charge in [0.25, 0.3) is 0 Å². The van der Waals surface area contributed by atoms with Crippen LogP contribution in [-0.4, -0.2) is 20.4 Å². The molecule has 3 aromatic rings. The van der Waals surface area contributed by atoms with E-state index in [1.54, 1.807) is 18.7 Å². The van der Waals surface area contributed by atoms with Gasteiger partial charge in [-0.05, 0) is 25.0 Å². The van der Waals surface area contributed by atoms with Gasteiger partial charge in [0.1, 0.15) is 11.5 Å². The van der Waals surface area contributed by atoms with Crippen molar-refractivity contribution in [3.63, 3.8) is 0 Å². The summed E-state index contributed by atoms with van der Waals surface area (Å²) in [5, 5.41) is 3.67. The summed E-state index contributed by atoms with van der Waals surface area (Å²) < 4.78 is 7.60. The number of hydrogen-bond acceptors (Lipinski definition) is 4. The lowest BCUT2D eigenvalue weighted by Crippen LogP contribution is -2.23. The van der Waals surface area contributed by atoms with E-state index in [2.05, 4.69) is 19.7 Å². The Hall–Kier alpha value is -2.30. The number of fused-ring (bicyclic) bond motifs is 1. The lowest BCUT2D eigenvalue weighted by Gasteiger charge is -2.23. The van der Waals surface area contributed by atoms with Gasteiger partial charge in [0.05, 0.1) is 12.5 Å². The van der Waals surface area contributed by atoms with Crippen LogP contribution in [0, 0.1) is 0 Å². The first-order valence-corrected chi connectivity index (χ1v) is 7.54. The summed E-state index contributed by atoms with van der Waals surface area (Å²) in [6.45, 7) is 0. The maximum Gasteiger partial charge on any atom is 0.157 e. The molecule has 0 radical (unpaired) electrons. The molecule has 1 aliphatic rings. The molecule has 0 atom stereocenters. The molecule has 0 spiro atoms. The van der Waals surface area contributed by atoms with Crippen molar-refractivity contribution in [3.05, 3.63) is 37.0 Å². The molecule has 1 fully saturated rings. The lowest BCUT2D eigenvalue weighted by atomic mass is 9.95. The van der Waals surface area contributed by atoms with Crippen molar-refractivity contribution >= 4 is 11.5 Å². The van der Waals surface area contributed by atoms with Gasteiger partial charge in [0, 0.05) is 18.4 Å². The lowest BCUT2D eigenvalue weighted by molar-refractivity contribution is 0.461. The summed E-state index contributed by atoms with van der Waals surface area (Å²) >= 11 is 0. The third-order valence-electron chi connectivity index (χ3n) is 4.13. The fourth-order valence-corrected chi connectivity index (χ4v) is 3.07. The first-order valence-electron chi connectivity index (χ1n) is 7.54. The molecule has 5 heteroatoms. The summed E-state index contributed by atoms with van der Waals surface area (Å²) in [6, 6.07) is 4.35. The van der Waals surface area contributed by atoms with Crippen LogP contribution in [0.5, 0.6) is 0 Å². The summed E-state index contributed by atoms with van der Waals surface area (Å²) in [5.41, 5.74) is 1.70. The van der Waals surface area contributed by atoms with Crippen LogP contribution >= 0.6 is 0 Å². The predicted molar refractivity (Wildman–Crippen MR) is 81.2 cm³/mol. The first kappa shape index (κ1) is 12.4. The van der Waals surface area contributed by atoms with Crippen molar-refractivity contribution in [2.24, 2.45) is 0 Å². The van der Waals surface area contributed by atoms with Crippen molar-refractivity contribution in [2.45, 2.75) is 38.1 Å². The standard InChI is InChI=1S/C16H18N4O/c1-2-5-12(6-3-1)18-16-15(13-7-4-10-21-13)19-14-11-17-8-9-20(14)16/h4,7-12,18H,1-3,5-6H2. The van der Waals surface area contributed by atoms with E-state index in [-0.39, 0.29) is 0 Å². The van der Waals surface area contributed by atoms with Crippen LogP contribution in [0.2, 0.25) is 0 Å². The highest BCUT2D eigenvalue weighted by molar-refractivity contribution is 5.73. The largest absolute Gasteiger partial charge is 0.463 e. The number of rotatable bonds is 3. The van der Waals surface area contributed by atoms with E-state index in [4.69, 9.17) is 4.42 Å². The van der Waals surface area contributed by atoms with E-state index in [0.717, 1.165) is 22.9 Å². The van der Waals surface area contributed by atoms with Gasteiger partial charge in [-0.15, -0.1) is 0 Å². The fourth-order valence-electron chi connectivity index (χ4n) is 3.07. The Morgan fingerprint density at radius 2 is 2.14 bits per heavy atom. The van der Waals surface area contributed by atoms with Crippen LogP contribution in [0.4, 0.5) is 5.82 Å². The zero-order valence-corrected chi connectivity index (χ0v) is 11.8. The zero-order valence-electron chi connectivity index (χ0n) is 11.8. The maximum absolute atomic E-state index is 5.54. The van der Waals surface area contributed by atoms with Crippen LogP contribution in [-0.2, 0) is 0 Å². The van der Waals surface area contributed by atoms with Crippen LogP contribution in [0.3, 0.4) is 0 Å². The molecular formula is C16H18N4O. The molecule has 5 nitrogen and oxygen atoms in total. The SMILES string of the molecule is c1coc(-c2nc3cnccn3c2NC2CCCCC2)c1. The molecule has 0 unspecified atom stereocenters. The Morgan fingerprint density at radius 3 is 2.95 bits per heavy atom. The van der Waals surface area contributed by atoms with Gasteiger partial charge in [0.15, 0.2) is 11.4 Å². The van der Waals surface area contributed by atoms with Gasteiger partial charge in [-0.1, -0.05) is 19.3 Å². The monoisotopic (exact) mass is 282 g/mol. The number of imidazole rings is 1. The maximum atomic E-state index is 5.54. The molecule has 0 aliphatic heterocycles. The van der Waals surface area contributed by atoms with Crippen molar-refractivity contribution < 1.29 is 4.42 Å². The quantitative estimate of drug-likeness (QED) is 0.795. The van der Waals surface area contributed by atoms with Gasteiger partial charge in [0.2, 0.25) is 0 Å². The Bertz CT molecular complexity index is 726. The van der Waals surface area contributed by atoms with E-state index < -0.39 is 0 Å². The highest BCUT2D eigenvalue weighted by Crippen LogP contribution is 2.31. The number of nitrogens with one attached hydrogen (secondary N) is 1. The Labute approximate surface area is 123 Å². The average Bonchev–Trinajstić information content (AvgIpc) is 3.16. The summed E-state index contributed by atoms with van der Waals surface area (Å²) in [5.74, 6) is 1.80. The van der Waals surface area contributed by atoms with E-state index in [0.29, 0.717) is 6.04 Å². The molecule has 108 valence electrons. The molecule has 21 heavy (non-hydrogen) atoms. The van der Waals surface area contributed by atoms with Gasteiger partial charge in [-0.3, -0.25) is 9.38 Å². The molecular weight excluding hydrogens is 264 g/mol. The van der Waals surface area contributed by atoms with Crippen LogP contribution < -0.4 is 5.32 Å². The van der Waals surface area contributed by atoms with Gasteiger partial charge >= 0.3 is 0 Å². The molecule has 1 aliphatic carbocycles. The van der Waals surface area contributed by atoms with Crippen molar-refractivity contribution in [1.82, 2.24) is 14.4 Å². The number of aromatic nitrogens is 3. The third-order valence-corrected chi connectivity index (χ3v) is 4.13. The van der Waals surface area contributed by atoms with Crippen molar-refractivity contribution in [1.29, 1.82) is 0 Å². The molecule has 1 N–H and O–H groups in total. The Balaban J connectivity index is 1.78. The molecule has 0 saturated heterocycles. The molecule has 0 bridgehead atoms. The first-order chi connectivity index (χ1) is 10.4. The van der Waals surface area contributed by atoms with Crippen LogP contribution in [0.15, 0.2) is 41.4 Å². The third kappa shape index (κ3) is 2.28. The molecule has 4 rings (SSSR count). The Kier molecular flexibility index (Phi) is 3.10. The second-order valence-corrected chi connectivity index (χ2v) is 5.57. The van der Waals surface area contributed by atoms with Gasteiger partial charge in [-0.2, -0.15) is 0 Å². The molecule has 3 heterocycles. The van der Waals surface area contributed by atoms with Crippen molar-refractivity contribution in [2.75, 3.05) is 5.32 Å². The number of anilines is 1. The summed E-state index contributed by atoms with van der Waals surface area (Å²) in [6.07, 6.45) is 13.6. The summed E-state index contributed by atoms with van der Waals surface area (Å²) in [4.78, 5) is 8.82. The highest BCUT2D eigenvalue weighted by Gasteiger charge is 2.20. The summed E-state index contributed by atoms with van der Waals surface area (Å²) in [7, 11) is 0. The normalized spacial score (nSPS) is 16.4. The topological polar surface area (TPSA) is 55.4 Å². The minimum absolute atomic E-state index is 0.514. The van der Waals surface area contributed by atoms with E-state index in [1.807, 2.05) is 18.3 Å². The fraction of sp³-hybridized carbons (Fsp3) is 0.375. The molecule has 1 saturated carbocycles. The predicted octanol–water partition coefficient (Wildman–Crippen LogP) is 3.73. The number of furan rings is 1. The Morgan fingerprint density at radius 1 is 1.24 bits per heavy atom. The minimum Gasteiger partial charge on any atom is -0.463 e. The number of nitrogens with zero attached hydrogens (tertiary/aromatic N) is 3. The van der Waals surface area contributed by atoms with E-state index >= 15 is 0 Å². The van der Waals surface area contributed by atoms with E-state index in [9.17, 15) is 0 Å². The zero-order chi connectivity index (χ0) is 14.1. The van der Waals surface area contributed by atoms with Crippen LogP contribution in [0.1, 0.15) is 32.1 Å². The van der Waals surface area contributed by atoms with Crippen LogP contribution in [0.25, 0.3) is 17.1 Å². The molecule has 0 aromatic carbocycles. The second kappa shape index (κ2) is 5.24. The minimum atomic E-state index is 0.514.